The number of aromatic nitrogens is 1. The number of nitrogens with zero attached hydrogens (tertiary/aromatic N) is 2. The molecule has 1 aliphatic rings. The zero-order chi connectivity index (χ0) is 22.1. The first-order valence-electron chi connectivity index (χ1n) is 9.89. The lowest BCUT2D eigenvalue weighted by atomic mass is 10.0. The van der Waals surface area contributed by atoms with Crippen molar-refractivity contribution >= 4 is 28.4 Å². The van der Waals surface area contributed by atoms with Crippen molar-refractivity contribution in [3.05, 3.63) is 89.4 Å². The Bertz CT molecular complexity index is 1210. The molecule has 2 heterocycles. The van der Waals surface area contributed by atoms with Gasteiger partial charge < -0.3 is 4.74 Å². The third-order valence-electron chi connectivity index (χ3n) is 5.09. The molecule has 0 saturated carbocycles. The summed E-state index contributed by atoms with van der Waals surface area (Å²) in [5.41, 5.74) is 2.79. The molecule has 1 aliphatic heterocycles. The first kappa shape index (κ1) is 20.9. The Kier molecular flexibility index (Phi) is 5.57. The van der Waals surface area contributed by atoms with Gasteiger partial charge >= 0.3 is 6.18 Å². The number of anilines is 1. The van der Waals surface area contributed by atoms with Crippen molar-refractivity contribution < 1.29 is 17.9 Å². The number of thiazole rings is 1. The Morgan fingerprint density at radius 3 is 2.22 bits per heavy atom. The lowest BCUT2D eigenvalue weighted by molar-refractivity contribution is -0.137. The van der Waals surface area contributed by atoms with E-state index in [4.69, 9.17) is 4.74 Å². The maximum absolute atomic E-state index is 12.7. The summed E-state index contributed by atoms with van der Waals surface area (Å²) in [6.07, 6.45) is -1.58. The summed E-state index contributed by atoms with van der Waals surface area (Å²) in [6.45, 7) is 0.911. The average Bonchev–Trinajstić information content (AvgIpc) is 3.34. The number of halogens is 3. The van der Waals surface area contributed by atoms with Crippen LogP contribution in [0, 0.1) is 0 Å². The molecule has 0 aliphatic carbocycles. The van der Waals surface area contributed by atoms with Crippen molar-refractivity contribution in [2.75, 3.05) is 10.8 Å². The summed E-state index contributed by atoms with van der Waals surface area (Å²) in [6, 6.07) is 18.7. The molecule has 32 heavy (non-hydrogen) atoms. The van der Waals surface area contributed by atoms with Gasteiger partial charge in [0.05, 0.1) is 5.56 Å². The van der Waals surface area contributed by atoms with E-state index >= 15 is 0 Å². The highest BCUT2D eigenvalue weighted by atomic mass is 32.2. The van der Waals surface area contributed by atoms with Crippen LogP contribution in [-0.4, -0.2) is 11.5 Å². The van der Waals surface area contributed by atoms with Crippen molar-refractivity contribution in [1.29, 1.82) is 0 Å². The average molecular weight is 471 g/mol. The summed E-state index contributed by atoms with van der Waals surface area (Å²) in [7, 11) is 0. The molecule has 0 fully saturated rings. The first-order chi connectivity index (χ1) is 15.5. The van der Waals surface area contributed by atoms with Gasteiger partial charge in [0.1, 0.15) is 11.5 Å². The molecular formula is C24H17F3N2OS2. The van der Waals surface area contributed by atoms with Gasteiger partial charge in [-0.2, -0.15) is 13.2 Å². The molecular weight excluding hydrogens is 453 g/mol. The summed E-state index contributed by atoms with van der Waals surface area (Å²) in [5.74, 6) is 0.933. The molecule has 0 radical (unpaired) electrons. The van der Waals surface area contributed by atoms with Crippen molar-refractivity contribution in [2.24, 2.45) is 0 Å². The van der Waals surface area contributed by atoms with E-state index in [0.717, 1.165) is 41.4 Å². The van der Waals surface area contributed by atoms with Crippen LogP contribution in [0.2, 0.25) is 0 Å². The maximum Gasteiger partial charge on any atom is 0.416 e. The fourth-order valence-electron chi connectivity index (χ4n) is 3.47. The van der Waals surface area contributed by atoms with E-state index in [2.05, 4.69) is 27.5 Å². The van der Waals surface area contributed by atoms with Crippen LogP contribution >= 0.6 is 23.3 Å². The normalized spacial score (nSPS) is 13.7. The number of fused-ring (bicyclic) bond motifs is 1. The summed E-state index contributed by atoms with van der Waals surface area (Å²) < 4.78 is 46.0. The molecule has 1 aromatic heterocycles. The Hall–Kier alpha value is -2.97. The molecule has 0 N–H and O–H groups in total. The minimum atomic E-state index is -4.35. The maximum atomic E-state index is 12.7. The largest absolute Gasteiger partial charge is 0.457 e. The van der Waals surface area contributed by atoms with E-state index in [1.54, 1.807) is 23.3 Å². The highest BCUT2D eigenvalue weighted by Gasteiger charge is 2.30. The predicted molar refractivity (Wildman–Crippen MR) is 122 cm³/mol. The van der Waals surface area contributed by atoms with Crippen LogP contribution in [-0.2, 0) is 12.6 Å². The molecule has 8 heteroatoms. The third kappa shape index (κ3) is 4.47. The van der Waals surface area contributed by atoms with E-state index < -0.39 is 11.7 Å². The lowest BCUT2D eigenvalue weighted by Gasteiger charge is -2.27. The fourth-order valence-corrected chi connectivity index (χ4v) is 5.23. The second-order valence-electron chi connectivity index (χ2n) is 7.23. The van der Waals surface area contributed by atoms with Crippen molar-refractivity contribution in [3.63, 3.8) is 0 Å². The molecule has 0 unspecified atom stereocenters. The molecule has 0 saturated heterocycles. The van der Waals surface area contributed by atoms with Crippen LogP contribution in [0.3, 0.4) is 0 Å². The van der Waals surface area contributed by atoms with Gasteiger partial charge in [0.15, 0.2) is 5.13 Å². The minimum absolute atomic E-state index is 0.362. The highest BCUT2D eigenvalue weighted by Crippen LogP contribution is 2.38. The van der Waals surface area contributed by atoms with Crippen LogP contribution < -0.4 is 9.04 Å². The number of ether oxygens (including phenoxy) is 1. The van der Waals surface area contributed by atoms with E-state index in [1.807, 2.05) is 35.8 Å². The van der Waals surface area contributed by atoms with Gasteiger partial charge in [0, 0.05) is 23.0 Å². The van der Waals surface area contributed by atoms with Gasteiger partial charge in [-0.25, -0.2) is 4.98 Å². The molecule has 162 valence electrons. The standard InChI is InChI=1S/C24H17F3N2OS2/c25-24(26,27)19-4-8-21(9-5-19)30-20-6-1-16(2-7-20)17-3-10-22-18(15-17)11-13-29(32-22)23-28-12-14-31-23/h1-10,12,14-15H,11,13H2. The van der Waals surface area contributed by atoms with E-state index in [0.29, 0.717) is 11.5 Å². The summed E-state index contributed by atoms with van der Waals surface area (Å²) in [5, 5.41) is 3.01. The highest BCUT2D eigenvalue weighted by molar-refractivity contribution is 8.01. The van der Waals surface area contributed by atoms with E-state index in [9.17, 15) is 13.2 Å². The predicted octanol–water partition coefficient (Wildman–Crippen LogP) is 7.69. The zero-order valence-corrected chi connectivity index (χ0v) is 18.3. The number of hydrogen-bond donors (Lipinski definition) is 0. The van der Waals surface area contributed by atoms with Crippen LogP contribution in [0.5, 0.6) is 11.5 Å². The second kappa shape index (κ2) is 8.52. The van der Waals surface area contributed by atoms with Gasteiger partial charge in [-0.05, 0) is 83.6 Å². The Balaban J connectivity index is 1.28. The zero-order valence-electron chi connectivity index (χ0n) is 16.7. The van der Waals surface area contributed by atoms with Crippen LogP contribution in [0.15, 0.2) is 83.2 Å². The van der Waals surface area contributed by atoms with Gasteiger partial charge in [0.2, 0.25) is 0 Å². The molecule has 0 amide bonds. The number of benzene rings is 3. The Morgan fingerprint density at radius 2 is 1.56 bits per heavy atom. The molecule has 0 bridgehead atoms. The minimum Gasteiger partial charge on any atom is -0.457 e. The molecule has 5 rings (SSSR count). The van der Waals surface area contributed by atoms with Gasteiger partial charge in [-0.15, -0.1) is 11.3 Å². The lowest BCUT2D eigenvalue weighted by Crippen LogP contribution is -2.22. The third-order valence-corrected chi connectivity index (χ3v) is 7.17. The van der Waals surface area contributed by atoms with Crippen molar-refractivity contribution in [3.8, 4) is 22.6 Å². The molecule has 0 spiro atoms. The van der Waals surface area contributed by atoms with Crippen LogP contribution in [0.1, 0.15) is 11.1 Å². The Labute approximate surface area is 191 Å². The quantitative estimate of drug-likeness (QED) is 0.286. The fraction of sp³-hybridized carbons (Fsp3) is 0.125. The summed E-state index contributed by atoms with van der Waals surface area (Å²) in [4.78, 5) is 5.63. The van der Waals surface area contributed by atoms with E-state index in [1.165, 1.54) is 22.6 Å². The van der Waals surface area contributed by atoms with Gasteiger partial charge in [-0.3, -0.25) is 4.31 Å². The first-order valence-corrected chi connectivity index (χ1v) is 11.5. The molecule has 3 aromatic carbocycles. The number of hydrogen-bond acceptors (Lipinski definition) is 5. The topological polar surface area (TPSA) is 25.4 Å². The van der Waals surface area contributed by atoms with Gasteiger partial charge in [0.25, 0.3) is 0 Å². The Morgan fingerprint density at radius 1 is 0.875 bits per heavy atom. The summed E-state index contributed by atoms with van der Waals surface area (Å²) >= 11 is 3.36. The van der Waals surface area contributed by atoms with Gasteiger partial charge in [-0.1, -0.05) is 18.2 Å². The smallest absolute Gasteiger partial charge is 0.416 e. The van der Waals surface area contributed by atoms with Crippen LogP contribution in [0.4, 0.5) is 18.3 Å². The van der Waals surface area contributed by atoms with Crippen LogP contribution in [0.25, 0.3) is 11.1 Å². The molecule has 0 atom stereocenters. The molecule has 4 aromatic rings. The number of rotatable bonds is 4. The number of alkyl halides is 3. The second-order valence-corrected chi connectivity index (χ2v) is 9.17. The molecule has 3 nitrogen and oxygen atoms in total. The van der Waals surface area contributed by atoms with Crippen molar-refractivity contribution in [2.45, 2.75) is 17.5 Å². The monoisotopic (exact) mass is 470 g/mol. The SMILES string of the molecule is FC(F)(F)c1ccc(Oc2ccc(-c3ccc4c(c3)CCN(c3nccs3)S4)cc2)cc1. The van der Waals surface area contributed by atoms with E-state index in [-0.39, 0.29) is 0 Å². The van der Waals surface area contributed by atoms with Crippen molar-refractivity contribution in [1.82, 2.24) is 4.98 Å².